The lowest BCUT2D eigenvalue weighted by molar-refractivity contribution is -0.105. The SMILES string of the molecule is Cc1nnsc1NC=O. The van der Waals surface area contributed by atoms with E-state index in [1.807, 2.05) is 0 Å². The minimum absolute atomic E-state index is 0.613. The number of nitrogens with zero attached hydrogens (tertiary/aromatic N) is 2. The number of rotatable bonds is 2. The highest BCUT2D eigenvalue weighted by molar-refractivity contribution is 7.10. The molecule has 0 saturated carbocycles. The summed E-state index contributed by atoms with van der Waals surface area (Å²) >= 11 is 1.17. The third-order valence-corrected chi connectivity index (χ3v) is 1.60. The van der Waals surface area contributed by atoms with Gasteiger partial charge < -0.3 is 5.32 Å². The van der Waals surface area contributed by atoms with Gasteiger partial charge in [-0.15, -0.1) is 5.10 Å². The normalized spacial score (nSPS) is 9.00. The molecule has 1 rings (SSSR count). The van der Waals surface area contributed by atoms with Gasteiger partial charge in [0.25, 0.3) is 0 Å². The topological polar surface area (TPSA) is 54.9 Å². The fourth-order valence-corrected chi connectivity index (χ4v) is 0.937. The van der Waals surface area contributed by atoms with Gasteiger partial charge in [0.1, 0.15) is 5.00 Å². The first-order valence-electron chi connectivity index (χ1n) is 2.33. The first kappa shape index (κ1) is 6.15. The van der Waals surface area contributed by atoms with Crippen molar-refractivity contribution >= 4 is 22.9 Å². The number of anilines is 1. The van der Waals surface area contributed by atoms with E-state index in [1.54, 1.807) is 6.92 Å². The van der Waals surface area contributed by atoms with Crippen LogP contribution in [-0.4, -0.2) is 16.0 Å². The number of hydrogen-bond donors (Lipinski definition) is 1. The predicted octanol–water partition coefficient (Wildman–Crippen LogP) is 0.415. The van der Waals surface area contributed by atoms with Gasteiger partial charge in [-0.25, -0.2) is 0 Å². The molecule has 0 aromatic carbocycles. The fraction of sp³-hybridized carbons (Fsp3) is 0.250. The van der Waals surface area contributed by atoms with Crippen LogP contribution < -0.4 is 5.32 Å². The Balaban J connectivity index is 2.80. The first-order valence-corrected chi connectivity index (χ1v) is 3.11. The Morgan fingerprint density at radius 2 is 2.56 bits per heavy atom. The largest absolute Gasteiger partial charge is 0.317 e. The Morgan fingerprint density at radius 1 is 1.78 bits per heavy atom. The second-order valence-corrected chi connectivity index (χ2v) is 2.20. The number of nitrogens with one attached hydrogen (secondary N) is 1. The van der Waals surface area contributed by atoms with E-state index in [9.17, 15) is 4.79 Å². The summed E-state index contributed by atoms with van der Waals surface area (Å²) in [5.41, 5.74) is 0.757. The van der Waals surface area contributed by atoms with Crippen LogP contribution in [0, 0.1) is 6.92 Å². The van der Waals surface area contributed by atoms with Crippen LogP contribution in [0.25, 0.3) is 0 Å². The van der Waals surface area contributed by atoms with Crippen molar-refractivity contribution in [2.75, 3.05) is 5.32 Å². The maximum absolute atomic E-state index is 9.86. The van der Waals surface area contributed by atoms with Crippen LogP contribution in [0.15, 0.2) is 0 Å². The Labute approximate surface area is 56.1 Å². The molecule has 0 bridgehead atoms. The molecule has 0 unspecified atom stereocenters. The van der Waals surface area contributed by atoms with Crippen molar-refractivity contribution in [3.63, 3.8) is 0 Å². The zero-order valence-corrected chi connectivity index (χ0v) is 5.60. The van der Waals surface area contributed by atoms with E-state index < -0.39 is 0 Å². The molecule has 1 amide bonds. The van der Waals surface area contributed by atoms with Gasteiger partial charge in [-0.2, -0.15) is 0 Å². The molecule has 5 heteroatoms. The molecule has 0 aliphatic carbocycles. The number of carbonyl (C=O) groups is 1. The van der Waals surface area contributed by atoms with E-state index in [0.29, 0.717) is 11.4 Å². The first-order chi connectivity index (χ1) is 4.34. The summed E-state index contributed by atoms with van der Waals surface area (Å²) in [6, 6.07) is 0. The van der Waals surface area contributed by atoms with E-state index in [1.165, 1.54) is 11.5 Å². The number of aromatic nitrogens is 2. The highest BCUT2D eigenvalue weighted by Crippen LogP contribution is 2.13. The molecule has 0 radical (unpaired) electrons. The van der Waals surface area contributed by atoms with Crippen molar-refractivity contribution in [2.24, 2.45) is 0 Å². The van der Waals surface area contributed by atoms with E-state index in [2.05, 4.69) is 14.9 Å². The fourth-order valence-electron chi connectivity index (χ4n) is 0.418. The Kier molecular flexibility index (Phi) is 1.74. The van der Waals surface area contributed by atoms with E-state index in [-0.39, 0.29) is 0 Å². The van der Waals surface area contributed by atoms with Crippen LogP contribution in [0.3, 0.4) is 0 Å². The van der Waals surface area contributed by atoms with Crippen molar-refractivity contribution < 1.29 is 4.79 Å². The van der Waals surface area contributed by atoms with Crippen LogP contribution in [0.2, 0.25) is 0 Å². The molecule has 0 atom stereocenters. The standard InChI is InChI=1S/C4H5N3OS/c1-3-4(5-2-8)9-7-6-3/h2H,1H3,(H,5,8). The summed E-state index contributed by atoms with van der Waals surface area (Å²) < 4.78 is 3.61. The minimum Gasteiger partial charge on any atom is -0.317 e. The van der Waals surface area contributed by atoms with Gasteiger partial charge in [0.2, 0.25) is 6.41 Å². The Bertz CT molecular complexity index is 209. The quantitative estimate of drug-likeness (QED) is 0.610. The minimum atomic E-state index is 0.613. The lowest BCUT2D eigenvalue weighted by Crippen LogP contribution is -1.91. The zero-order chi connectivity index (χ0) is 6.69. The van der Waals surface area contributed by atoms with Crippen LogP contribution in [0.1, 0.15) is 5.69 Å². The molecule has 1 aromatic heterocycles. The summed E-state index contributed by atoms with van der Waals surface area (Å²) in [6.45, 7) is 1.79. The molecule has 1 aromatic rings. The summed E-state index contributed by atoms with van der Waals surface area (Å²) in [5.74, 6) is 0. The van der Waals surface area contributed by atoms with E-state index >= 15 is 0 Å². The van der Waals surface area contributed by atoms with Gasteiger partial charge in [-0.1, -0.05) is 4.49 Å². The highest BCUT2D eigenvalue weighted by Gasteiger charge is 1.98. The predicted molar refractivity (Wildman–Crippen MR) is 34.3 cm³/mol. The number of amides is 1. The van der Waals surface area contributed by atoms with Gasteiger partial charge in [0.05, 0.1) is 5.69 Å². The molecule has 0 fully saturated rings. The molecule has 0 saturated heterocycles. The lowest BCUT2D eigenvalue weighted by atomic mass is 10.5. The second kappa shape index (κ2) is 2.54. The van der Waals surface area contributed by atoms with Gasteiger partial charge >= 0.3 is 0 Å². The molecule has 0 spiro atoms. The average molecular weight is 143 g/mol. The van der Waals surface area contributed by atoms with Crippen LogP contribution in [0.5, 0.6) is 0 Å². The number of hydrogen-bond acceptors (Lipinski definition) is 4. The Morgan fingerprint density at radius 3 is 3.00 bits per heavy atom. The second-order valence-electron chi connectivity index (χ2n) is 1.45. The van der Waals surface area contributed by atoms with Crippen LogP contribution >= 0.6 is 11.5 Å². The average Bonchev–Trinajstić information content (AvgIpc) is 2.18. The number of carbonyl (C=O) groups excluding carboxylic acids is 1. The maximum Gasteiger partial charge on any atom is 0.212 e. The van der Waals surface area contributed by atoms with Gasteiger partial charge in [0, 0.05) is 11.5 Å². The Hall–Kier alpha value is -0.970. The smallest absolute Gasteiger partial charge is 0.212 e. The molecule has 1 N–H and O–H groups in total. The van der Waals surface area contributed by atoms with Crippen LogP contribution in [0.4, 0.5) is 5.00 Å². The van der Waals surface area contributed by atoms with Crippen molar-refractivity contribution in [3.8, 4) is 0 Å². The van der Waals surface area contributed by atoms with Crippen molar-refractivity contribution in [1.82, 2.24) is 9.59 Å². The van der Waals surface area contributed by atoms with Crippen molar-refractivity contribution in [2.45, 2.75) is 6.92 Å². The zero-order valence-electron chi connectivity index (χ0n) is 4.79. The lowest BCUT2D eigenvalue weighted by Gasteiger charge is -1.87. The highest BCUT2D eigenvalue weighted by atomic mass is 32.1. The van der Waals surface area contributed by atoms with Crippen LogP contribution in [-0.2, 0) is 4.79 Å². The summed E-state index contributed by atoms with van der Waals surface area (Å²) in [4.78, 5) is 9.86. The molecule has 1 heterocycles. The third-order valence-electron chi connectivity index (χ3n) is 0.842. The van der Waals surface area contributed by atoms with Gasteiger partial charge in [0.15, 0.2) is 0 Å². The molecule has 0 aliphatic heterocycles. The molecule has 9 heavy (non-hydrogen) atoms. The molecule has 4 nitrogen and oxygen atoms in total. The summed E-state index contributed by atoms with van der Waals surface area (Å²) in [5, 5.41) is 6.86. The van der Waals surface area contributed by atoms with Crippen molar-refractivity contribution in [3.05, 3.63) is 5.69 Å². The summed E-state index contributed by atoms with van der Waals surface area (Å²) in [6.07, 6.45) is 0.613. The third kappa shape index (κ3) is 1.23. The van der Waals surface area contributed by atoms with E-state index in [4.69, 9.17) is 0 Å². The summed E-state index contributed by atoms with van der Waals surface area (Å²) in [7, 11) is 0. The van der Waals surface area contributed by atoms with Gasteiger partial charge in [-0.05, 0) is 6.92 Å². The maximum atomic E-state index is 9.86. The van der Waals surface area contributed by atoms with Crippen molar-refractivity contribution in [1.29, 1.82) is 0 Å². The van der Waals surface area contributed by atoms with E-state index in [0.717, 1.165) is 5.69 Å². The van der Waals surface area contributed by atoms with Gasteiger partial charge in [-0.3, -0.25) is 4.79 Å². The molecular formula is C4H5N3OS. The monoisotopic (exact) mass is 143 g/mol. The molecular weight excluding hydrogens is 138 g/mol. The molecule has 0 aliphatic rings. The molecule has 48 valence electrons. The number of aryl methyl sites for hydroxylation is 1.